The van der Waals surface area contributed by atoms with Gasteiger partial charge in [0.2, 0.25) is 0 Å². The average Bonchev–Trinajstić information content (AvgIpc) is 2.80. The van der Waals surface area contributed by atoms with Crippen molar-refractivity contribution in [3.05, 3.63) is 0 Å². The monoisotopic (exact) mass is 735 g/mol. The van der Waals surface area contributed by atoms with Gasteiger partial charge in [-0.15, -0.1) is 0 Å². The molecule has 0 fully saturated rings. The predicted molar refractivity (Wildman–Crippen MR) is 184 cm³/mol. The lowest BCUT2D eigenvalue weighted by Gasteiger charge is -2.33. The van der Waals surface area contributed by atoms with Crippen molar-refractivity contribution in [2.45, 2.75) is 181 Å². The Bertz CT molecular complexity index is 1040. The molecule has 14 nitrogen and oxygen atoms in total. The molecule has 280 valence electrons. The molecule has 0 bridgehead atoms. The maximum Gasteiger partial charge on any atom is 0.403 e. The van der Waals surface area contributed by atoms with E-state index in [4.69, 9.17) is 34.6 Å². The molecule has 0 radical (unpaired) electrons. The first-order valence-corrected chi connectivity index (χ1v) is 21.4. The second-order valence-corrected chi connectivity index (χ2v) is 19.0. The molecule has 0 rings (SSSR count). The molecule has 2 unspecified atom stereocenters. The van der Waals surface area contributed by atoms with Crippen LogP contribution in [0.1, 0.15) is 158 Å². The lowest BCUT2D eigenvalue weighted by molar-refractivity contribution is -0.120. The zero-order chi connectivity index (χ0) is 36.8. The van der Waals surface area contributed by atoms with E-state index in [9.17, 15) is 33.1 Å². The van der Waals surface area contributed by atoms with E-state index in [2.05, 4.69) is 0 Å². The van der Waals surface area contributed by atoms with Crippen LogP contribution in [0.15, 0.2) is 0 Å². The molecule has 0 aliphatic heterocycles. The van der Waals surface area contributed by atoms with Gasteiger partial charge in [-0.05, 0) is 107 Å². The molecule has 0 heterocycles. The lowest BCUT2D eigenvalue weighted by atomic mass is 9.97. The number of hydrogen-bond donors (Lipinski definition) is 5. The van der Waals surface area contributed by atoms with Crippen molar-refractivity contribution in [2.75, 3.05) is 0 Å². The first-order valence-electron chi connectivity index (χ1n) is 16.5. The van der Waals surface area contributed by atoms with Crippen LogP contribution in [0.4, 0.5) is 0 Å². The number of carbonyl (C=O) groups excluding carboxylic acids is 2. The van der Waals surface area contributed by atoms with E-state index >= 15 is 0 Å². The van der Waals surface area contributed by atoms with Crippen molar-refractivity contribution in [3.63, 3.8) is 0 Å². The number of nitrogens with two attached hydrogens (primary N) is 3. The third-order valence-corrected chi connectivity index (χ3v) is 10.5. The molecule has 0 amide bonds. The largest absolute Gasteiger partial charge is 0.403 e. The van der Waals surface area contributed by atoms with E-state index < -0.39 is 45.6 Å². The summed E-state index contributed by atoms with van der Waals surface area (Å²) in [6.07, 6.45) is 8.93. The topological polar surface area (TPSA) is 241 Å². The van der Waals surface area contributed by atoms with Gasteiger partial charge in [-0.1, -0.05) is 25.7 Å². The minimum Gasteiger partial charge on any atom is -0.313 e. The second-order valence-electron chi connectivity index (χ2n) is 15.0. The molecule has 0 aromatic carbocycles. The molecule has 17 heteroatoms. The van der Waals surface area contributed by atoms with Gasteiger partial charge in [0.25, 0.3) is 0 Å². The summed E-state index contributed by atoms with van der Waals surface area (Å²) in [4.78, 5) is 43.0. The zero-order valence-corrected chi connectivity index (χ0v) is 32.6. The number of unbranched alkanes of at least 4 members (excludes halogenated alkanes) is 4. The van der Waals surface area contributed by atoms with Crippen molar-refractivity contribution in [3.8, 4) is 0 Å². The van der Waals surface area contributed by atoms with Crippen molar-refractivity contribution in [1.29, 1.82) is 0 Å². The summed E-state index contributed by atoms with van der Waals surface area (Å²) in [5.41, 5.74) is 12.7. The first kappa shape index (κ1) is 46.7. The van der Waals surface area contributed by atoms with Crippen LogP contribution in [-0.4, -0.2) is 43.8 Å². The Morgan fingerprint density at radius 1 is 0.468 bits per heavy atom. The van der Waals surface area contributed by atoms with Crippen LogP contribution in [-0.2, 0) is 41.4 Å². The van der Waals surface area contributed by atoms with Crippen LogP contribution in [0.25, 0.3) is 0 Å². The fraction of sp³-hybridized carbons (Fsp3) is 0.933. The smallest absolute Gasteiger partial charge is 0.313 e. The first-order chi connectivity index (χ1) is 21.0. The number of ketones is 2. The molecule has 0 spiro atoms. The Kier molecular flexibility index (Phi) is 19.8. The van der Waals surface area contributed by atoms with Crippen LogP contribution >= 0.6 is 23.2 Å². The fourth-order valence-electron chi connectivity index (χ4n) is 5.34. The number of Topliss-reactive ketones (excluding diaryl/α,β-unsaturated/α-hetero) is 2. The Hall–Kier alpha value is -0.330. The molecular formula is C30H64N3O11P3. The number of carbonyl (C=O) groups is 2. The second kappa shape index (κ2) is 19.9. The van der Waals surface area contributed by atoms with Crippen molar-refractivity contribution >= 4 is 34.8 Å². The fourth-order valence-corrected chi connectivity index (χ4v) is 8.54. The molecule has 0 aliphatic carbocycles. The summed E-state index contributed by atoms with van der Waals surface area (Å²) >= 11 is 0. The molecule has 0 aliphatic rings. The summed E-state index contributed by atoms with van der Waals surface area (Å²) < 4.78 is 57.0. The highest BCUT2D eigenvalue weighted by atomic mass is 31.2. The van der Waals surface area contributed by atoms with E-state index in [1.54, 1.807) is 55.4 Å². The van der Waals surface area contributed by atoms with Gasteiger partial charge in [-0.3, -0.25) is 27.7 Å². The van der Waals surface area contributed by atoms with Gasteiger partial charge in [0.05, 0.1) is 22.4 Å². The van der Waals surface area contributed by atoms with Crippen LogP contribution < -0.4 is 16.5 Å². The lowest BCUT2D eigenvalue weighted by Crippen LogP contribution is -2.30. The third-order valence-electron chi connectivity index (χ3n) is 7.44. The summed E-state index contributed by atoms with van der Waals surface area (Å²) in [7, 11) is -12.0. The highest BCUT2D eigenvalue weighted by molar-refractivity contribution is 7.51. The van der Waals surface area contributed by atoms with Crippen molar-refractivity contribution in [2.24, 2.45) is 16.5 Å². The van der Waals surface area contributed by atoms with E-state index in [1.165, 1.54) is 0 Å². The molecule has 0 saturated carbocycles. The maximum atomic E-state index is 13.0. The van der Waals surface area contributed by atoms with Gasteiger partial charge in [0.15, 0.2) is 0 Å². The zero-order valence-electron chi connectivity index (χ0n) is 30.0. The number of rotatable bonds is 28. The highest BCUT2D eigenvalue weighted by Gasteiger charge is 2.35. The van der Waals surface area contributed by atoms with Gasteiger partial charge in [-0.25, -0.2) is 30.2 Å². The number of hydrogen-bond acceptors (Lipinski definition) is 9. The van der Waals surface area contributed by atoms with E-state index in [0.717, 1.165) is 0 Å². The molecule has 0 saturated heterocycles. The molecule has 0 aromatic heterocycles. The molecule has 8 N–H and O–H groups in total. The van der Waals surface area contributed by atoms with Crippen LogP contribution in [0.2, 0.25) is 0 Å². The highest BCUT2D eigenvalue weighted by Crippen LogP contribution is 2.49. The Balaban J connectivity index is 4.32. The van der Waals surface area contributed by atoms with Crippen LogP contribution in [0, 0.1) is 0 Å². The molecule has 47 heavy (non-hydrogen) atoms. The standard InChI is InChI=1S/C30H64N3O11P3/c1-27(2,41-45(31,36)37)21-13-9-17-25(34)19-11-15-23-29(5,6)43-47(33,40)44-30(7,8)24-16-12-20-26(35)18-10-14-22-28(3,4)42-46(32,38)39/h9-24H2,1-8H3,(H2,33,40)(H3,31,36,37)(H3,32,38,39). The summed E-state index contributed by atoms with van der Waals surface area (Å²) in [6, 6.07) is 0. The van der Waals surface area contributed by atoms with E-state index in [0.29, 0.717) is 103 Å². The quantitative estimate of drug-likeness (QED) is 0.0381. The van der Waals surface area contributed by atoms with Crippen molar-refractivity contribution < 1.29 is 51.2 Å². The van der Waals surface area contributed by atoms with Crippen molar-refractivity contribution in [1.82, 2.24) is 0 Å². The van der Waals surface area contributed by atoms with Crippen LogP contribution in [0.5, 0.6) is 0 Å². The summed E-state index contributed by atoms with van der Waals surface area (Å²) in [6.45, 7) is 13.9. The van der Waals surface area contributed by atoms with Crippen LogP contribution in [0.3, 0.4) is 0 Å². The predicted octanol–water partition coefficient (Wildman–Crippen LogP) is 7.73. The van der Waals surface area contributed by atoms with Gasteiger partial charge in [-0.2, -0.15) is 0 Å². The van der Waals surface area contributed by atoms with Gasteiger partial charge in [0.1, 0.15) is 11.6 Å². The minimum absolute atomic E-state index is 0.129. The summed E-state index contributed by atoms with van der Waals surface area (Å²) in [5, 5.41) is 0. The maximum absolute atomic E-state index is 13.0. The van der Waals surface area contributed by atoms with E-state index in [-0.39, 0.29) is 11.6 Å². The SMILES string of the molecule is CC(C)(CCCCC(=O)CCCCC(C)(C)OP(N)(=O)OC(C)(C)CCCCC(=O)CCCCC(C)(C)OP(N)(=O)O)OP(N)(=O)O. The molecule has 0 aromatic rings. The normalized spacial score (nSPS) is 17.1. The van der Waals surface area contributed by atoms with Gasteiger partial charge < -0.3 is 9.79 Å². The third kappa shape index (κ3) is 28.1. The minimum atomic E-state index is -4.07. The average molecular weight is 736 g/mol. The Morgan fingerprint density at radius 3 is 0.894 bits per heavy atom. The van der Waals surface area contributed by atoms with Gasteiger partial charge in [0, 0.05) is 25.7 Å². The Labute approximate surface area is 282 Å². The summed E-state index contributed by atoms with van der Waals surface area (Å²) in [5.74, 6) is 0.259. The van der Waals surface area contributed by atoms with Gasteiger partial charge >= 0.3 is 23.2 Å². The molecular weight excluding hydrogens is 671 g/mol. The van der Waals surface area contributed by atoms with E-state index in [1.807, 2.05) is 0 Å². The Morgan fingerprint density at radius 2 is 0.681 bits per heavy atom. The molecule has 2 atom stereocenters.